The molecule has 1 amide bonds. The van der Waals surface area contributed by atoms with Gasteiger partial charge in [0.05, 0.1) is 12.6 Å². The van der Waals surface area contributed by atoms with Crippen molar-refractivity contribution in [1.82, 2.24) is 9.80 Å². The first-order chi connectivity index (χ1) is 12.5. The van der Waals surface area contributed by atoms with E-state index in [9.17, 15) is 9.59 Å². The lowest BCUT2D eigenvalue weighted by Crippen LogP contribution is -2.52. The summed E-state index contributed by atoms with van der Waals surface area (Å²) in [5.41, 5.74) is 6.45. The summed E-state index contributed by atoms with van der Waals surface area (Å²) < 4.78 is 5.78. The molecule has 0 unspecified atom stereocenters. The zero-order chi connectivity index (χ0) is 18.5. The van der Waals surface area contributed by atoms with Crippen LogP contribution in [0, 0.1) is 5.92 Å². The number of carbonyl (C=O) groups excluding carboxylic acids is 2. The number of ether oxygens (including phenoxy) is 1. The second-order valence-electron chi connectivity index (χ2n) is 7.32. The third-order valence-corrected chi connectivity index (χ3v) is 5.05. The molecular weight excluding hydrogens is 330 g/mol. The molecule has 1 aliphatic carbocycles. The van der Waals surface area contributed by atoms with Crippen LogP contribution < -0.4 is 10.5 Å². The number of hydrogen-bond donors (Lipinski definition) is 1. The lowest BCUT2D eigenvalue weighted by Gasteiger charge is -2.35. The van der Waals surface area contributed by atoms with Gasteiger partial charge in [-0.1, -0.05) is 0 Å². The quantitative estimate of drug-likeness (QED) is 0.563. The Bertz CT molecular complexity index is 618. The highest BCUT2D eigenvalue weighted by atomic mass is 16.5. The van der Waals surface area contributed by atoms with Gasteiger partial charge in [0.1, 0.15) is 5.75 Å². The van der Waals surface area contributed by atoms with Gasteiger partial charge in [0.25, 0.3) is 0 Å². The van der Waals surface area contributed by atoms with Gasteiger partial charge in [0.15, 0.2) is 5.78 Å². The Kier molecular flexibility index (Phi) is 6.27. The smallest absolute Gasteiger partial charge is 0.239 e. The summed E-state index contributed by atoms with van der Waals surface area (Å²) in [7, 11) is 0. The monoisotopic (exact) mass is 359 g/mol. The fourth-order valence-corrected chi connectivity index (χ4v) is 3.25. The second kappa shape index (κ2) is 8.64. The van der Waals surface area contributed by atoms with Crippen molar-refractivity contribution in [3.8, 4) is 5.75 Å². The maximum atomic E-state index is 12.0. The van der Waals surface area contributed by atoms with E-state index in [1.165, 1.54) is 0 Å². The van der Waals surface area contributed by atoms with Crippen LogP contribution in [0.1, 0.15) is 36.5 Å². The first-order valence-electron chi connectivity index (χ1n) is 9.58. The van der Waals surface area contributed by atoms with Crippen molar-refractivity contribution in [3.63, 3.8) is 0 Å². The summed E-state index contributed by atoms with van der Waals surface area (Å²) in [6, 6.07) is 7.08. The van der Waals surface area contributed by atoms with Crippen molar-refractivity contribution >= 4 is 11.7 Å². The molecule has 1 saturated heterocycles. The van der Waals surface area contributed by atoms with E-state index in [0.29, 0.717) is 6.61 Å². The van der Waals surface area contributed by atoms with E-state index in [0.717, 1.165) is 63.3 Å². The van der Waals surface area contributed by atoms with Gasteiger partial charge < -0.3 is 15.4 Å². The molecule has 2 N–H and O–H groups in total. The molecule has 3 rings (SSSR count). The molecule has 2 aliphatic rings. The Morgan fingerprint density at radius 2 is 1.81 bits per heavy atom. The van der Waals surface area contributed by atoms with Crippen LogP contribution in [0.25, 0.3) is 0 Å². The Hall–Kier alpha value is -1.92. The zero-order valence-corrected chi connectivity index (χ0v) is 15.5. The molecule has 1 atom stereocenters. The minimum Gasteiger partial charge on any atom is -0.494 e. The number of amides is 1. The molecule has 1 aromatic rings. The number of benzene rings is 1. The van der Waals surface area contributed by atoms with E-state index in [1.54, 1.807) is 6.92 Å². The van der Waals surface area contributed by atoms with Gasteiger partial charge in [-0.3, -0.25) is 14.5 Å². The average molecular weight is 359 g/mol. The van der Waals surface area contributed by atoms with Gasteiger partial charge >= 0.3 is 0 Å². The average Bonchev–Trinajstić information content (AvgIpc) is 3.50. The standard InChI is InChI=1S/C20H29N3O3/c1-15(21)20(25)23-12-10-22(11-13-23)9-2-14-26-18-7-5-17(6-8-18)19(24)16-3-4-16/h5-8,15-16H,2-4,9-14,21H2,1H3/t15-/m0/s1. The molecule has 0 bridgehead atoms. The zero-order valence-electron chi connectivity index (χ0n) is 15.5. The summed E-state index contributed by atoms with van der Waals surface area (Å²) in [5.74, 6) is 1.37. The Morgan fingerprint density at radius 3 is 2.38 bits per heavy atom. The molecule has 142 valence electrons. The number of rotatable bonds is 8. The van der Waals surface area contributed by atoms with Gasteiger partial charge in [-0.25, -0.2) is 0 Å². The molecule has 1 saturated carbocycles. The molecule has 6 nitrogen and oxygen atoms in total. The molecule has 1 heterocycles. The van der Waals surface area contributed by atoms with E-state index in [-0.39, 0.29) is 17.6 Å². The Labute approximate surface area is 155 Å². The SMILES string of the molecule is C[C@H](N)C(=O)N1CCN(CCCOc2ccc(C(=O)C3CC3)cc2)CC1. The van der Waals surface area contributed by atoms with Gasteiger partial charge in [0.2, 0.25) is 5.91 Å². The number of piperazine rings is 1. The number of carbonyl (C=O) groups is 2. The van der Waals surface area contributed by atoms with Crippen LogP contribution in [0.3, 0.4) is 0 Å². The van der Waals surface area contributed by atoms with Gasteiger partial charge in [0, 0.05) is 44.2 Å². The van der Waals surface area contributed by atoms with Gasteiger partial charge in [-0.05, 0) is 50.5 Å². The van der Waals surface area contributed by atoms with Crippen LogP contribution >= 0.6 is 0 Å². The molecule has 26 heavy (non-hydrogen) atoms. The third kappa shape index (κ3) is 5.05. The number of ketones is 1. The maximum absolute atomic E-state index is 12.0. The van der Waals surface area contributed by atoms with Crippen molar-refractivity contribution in [2.24, 2.45) is 11.7 Å². The summed E-state index contributed by atoms with van der Waals surface area (Å²) in [6.45, 7) is 6.61. The van der Waals surface area contributed by atoms with Crippen molar-refractivity contribution in [2.75, 3.05) is 39.3 Å². The lowest BCUT2D eigenvalue weighted by atomic mass is 10.1. The van der Waals surface area contributed by atoms with Crippen LogP contribution in [-0.4, -0.2) is 66.9 Å². The van der Waals surface area contributed by atoms with Crippen molar-refractivity contribution in [1.29, 1.82) is 0 Å². The second-order valence-corrected chi connectivity index (χ2v) is 7.32. The van der Waals surface area contributed by atoms with Crippen LogP contribution in [0.2, 0.25) is 0 Å². The minimum atomic E-state index is -0.416. The van der Waals surface area contributed by atoms with E-state index >= 15 is 0 Å². The number of Topliss-reactive ketones (excluding diaryl/α,β-unsaturated/α-hetero) is 1. The number of hydrogen-bond acceptors (Lipinski definition) is 5. The van der Waals surface area contributed by atoms with Crippen LogP contribution in [0.5, 0.6) is 5.75 Å². The molecule has 1 aromatic carbocycles. The molecular formula is C20H29N3O3. The van der Waals surface area contributed by atoms with Gasteiger partial charge in [-0.2, -0.15) is 0 Å². The summed E-state index contributed by atoms with van der Waals surface area (Å²) in [5, 5.41) is 0. The fraction of sp³-hybridized carbons (Fsp3) is 0.600. The molecule has 0 radical (unpaired) electrons. The normalized spacial score (nSPS) is 19.2. The predicted octanol–water partition coefficient (Wildman–Crippen LogP) is 1.54. The fourth-order valence-electron chi connectivity index (χ4n) is 3.25. The number of nitrogens with zero attached hydrogens (tertiary/aromatic N) is 2. The first kappa shape index (κ1) is 18.9. The highest BCUT2D eigenvalue weighted by molar-refractivity contribution is 5.99. The molecule has 0 spiro atoms. The third-order valence-electron chi connectivity index (χ3n) is 5.05. The lowest BCUT2D eigenvalue weighted by molar-refractivity contribution is -0.133. The summed E-state index contributed by atoms with van der Waals surface area (Å²) in [6.07, 6.45) is 3.00. The van der Waals surface area contributed by atoms with E-state index in [4.69, 9.17) is 10.5 Å². The van der Waals surface area contributed by atoms with Crippen LogP contribution in [-0.2, 0) is 4.79 Å². The Morgan fingerprint density at radius 1 is 1.15 bits per heavy atom. The minimum absolute atomic E-state index is 0.0385. The Balaban J connectivity index is 1.32. The maximum Gasteiger partial charge on any atom is 0.239 e. The first-order valence-corrected chi connectivity index (χ1v) is 9.58. The summed E-state index contributed by atoms with van der Waals surface area (Å²) >= 11 is 0. The van der Waals surface area contributed by atoms with Crippen molar-refractivity contribution in [2.45, 2.75) is 32.2 Å². The predicted molar refractivity (Wildman–Crippen MR) is 100 cm³/mol. The van der Waals surface area contributed by atoms with Crippen LogP contribution in [0.15, 0.2) is 24.3 Å². The molecule has 0 aromatic heterocycles. The van der Waals surface area contributed by atoms with Crippen LogP contribution in [0.4, 0.5) is 0 Å². The van der Waals surface area contributed by atoms with E-state index in [2.05, 4.69) is 4.90 Å². The van der Waals surface area contributed by atoms with E-state index < -0.39 is 6.04 Å². The highest BCUT2D eigenvalue weighted by Gasteiger charge is 2.30. The van der Waals surface area contributed by atoms with Gasteiger partial charge in [-0.15, -0.1) is 0 Å². The van der Waals surface area contributed by atoms with Crippen molar-refractivity contribution in [3.05, 3.63) is 29.8 Å². The highest BCUT2D eigenvalue weighted by Crippen LogP contribution is 2.32. The topological polar surface area (TPSA) is 75.9 Å². The largest absolute Gasteiger partial charge is 0.494 e. The number of nitrogens with two attached hydrogens (primary N) is 1. The molecule has 2 fully saturated rings. The van der Waals surface area contributed by atoms with Crippen molar-refractivity contribution < 1.29 is 14.3 Å². The molecule has 1 aliphatic heterocycles. The van der Waals surface area contributed by atoms with E-state index in [1.807, 2.05) is 29.2 Å². The summed E-state index contributed by atoms with van der Waals surface area (Å²) in [4.78, 5) is 28.1. The molecule has 6 heteroatoms.